The van der Waals surface area contributed by atoms with E-state index in [9.17, 15) is 70.6 Å². The Morgan fingerprint density at radius 2 is 1.51 bits per heavy atom. The van der Waals surface area contributed by atoms with Gasteiger partial charge < -0.3 is 90.5 Å². The fourth-order valence-electron chi connectivity index (χ4n) is 6.06. The molecule has 0 spiro atoms. The van der Waals surface area contributed by atoms with Crippen LogP contribution in [0.5, 0.6) is 0 Å². The number of rotatable bonds is 13. The number of amides is 2. The van der Waals surface area contributed by atoms with Gasteiger partial charge in [-0.15, -0.1) is 0 Å². The highest BCUT2D eigenvalue weighted by atomic mass is 16.8. The number of aliphatic hydroxyl groups excluding tert-OH is 10. The zero-order valence-electron chi connectivity index (χ0n) is 27.1. The van der Waals surface area contributed by atoms with Crippen molar-refractivity contribution in [1.29, 1.82) is 0 Å². The van der Waals surface area contributed by atoms with Gasteiger partial charge in [-0.25, -0.2) is 4.79 Å². The summed E-state index contributed by atoms with van der Waals surface area (Å²) in [5, 5.41) is 121. The number of aliphatic hydroxyl groups is 10. The van der Waals surface area contributed by atoms with Gasteiger partial charge in [-0.1, -0.05) is 18.2 Å². The van der Waals surface area contributed by atoms with Gasteiger partial charge >= 0.3 is 5.97 Å². The Bertz CT molecular complexity index is 1330. The highest BCUT2D eigenvalue weighted by molar-refractivity contribution is 5.94. The lowest BCUT2D eigenvalue weighted by molar-refractivity contribution is -0.385. The van der Waals surface area contributed by atoms with Gasteiger partial charge in [0.2, 0.25) is 5.91 Å². The summed E-state index contributed by atoms with van der Waals surface area (Å²) in [6.45, 7) is -1.42. The number of ether oxygens (including phenoxy) is 5. The van der Waals surface area contributed by atoms with Crippen LogP contribution >= 0.6 is 0 Å². The molecule has 3 heterocycles. The molecule has 1 aromatic rings. The third-order valence-electron chi connectivity index (χ3n) is 8.79. The Labute approximate surface area is 289 Å². The van der Waals surface area contributed by atoms with Crippen LogP contribution in [0.4, 0.5) is 0 Å². The first-order valence-corrected chi connectivity index (χ1v) is 15.9. The molecule has 3 aliphatic heterocycles. The summed E-state index contributed by atoms with van der Waals surface area (Å²) in [6, 6.07) is 6.20. The van der Waals surface area contributed by atoms with Crippen LogP contribution in [0, 0.1) is 0 Å². The molecule has 51 heavy (non-hydrogen) atoms. The number of carbonyl (C=O) groups excluding carboxylic acids is 2. The molecule has 13 N–H and O–H groups in total. The second-order valence-corrected chi connectivity index (χ2v) is 12.4. The Hall–Kier alpha value is -2.97. The number of carboxylic acid groups (broad SMARTS) is 1. The summed E-state index contributed by atoms with van der Waals surface area (Å²) >= 11 is 0. The van der Waals surface area contributed by atoms with Gasteiger partial charge in [0, 0.05) is 25.5 Å². The van der Waals surface area contributed by atoms with Gasteiger partial charge in [0.15, 0.2) is 12.6 Å². The average Bonchev–Trinajstić information content (AvgIpc) is 3.10. The minimum absolute atomic E-state index is 0.209. The fraction of sp³-hybridized carbons (Fsp3) is 0.700. The van der Waals surface area contributed by atoms with Crippen LogP contribution in [-0.2, 0) is 33.3 Å². The Morgan fingerprint density at radius 3 is 2.10 bits per heavy atom. The topological polar surface area (TPSA) is 344 Å². The molecule has 2 amide bonds. The summed E-state index contributed by atoms with van der Waals surface area (Å²) < 4.78 is 27.1. The number of carbonyl (C=O) groups is 3. The molecular formula is C30H44N2O19. The third kappa shape index (κ3) is 8.98. The number of carboxylic acids is 1. The molecule has 4 rings (SSSR count). The lowest BCUT2D eigenvalue weighted by atomic mass is 9.88. The molecule has 21 heteroatoms. The third-order valence-corrected chi connectivity index (χ3v) is 8.79. The van der Waals surface area contributed by atoms with Crippen LogP contribution in [0.2, 0.25) is 0 Å². The van der Waals surface area contributed by atoms with Crippen molar-refractivity contribution in [3.05, 3.63) is 35.9 Å². The molecule has 0 saturated carbocycles. The molecule has 3 aliphatic rings. The molecule has 1 aromatic carbocycles. The maximum absolute atomic E-state index is 12.8. The molecule has 0 radical (unpaired) electrons. The molecule has 3 fully saturated rings. The first kappa shape index (κ1) is 40.8. The van der Waals surface area contributed by atoms with Crippen LogP contribution in [0.15, 0.2) is 30.3 Å². The Morgan fingerprint density at radius 1 is 0.902 bits per heavy atom. The Balaban J connectivity index is 1.60. The lowest BCUT2D eigenvalue weighted by Gasteiger charge is -2.50. The lowest BCUT2D eigenvalue weighted by Crippen LogP contribution is -2.71. The quantitative estimate of drug-likeness (QED) is 0.0895. The minimum atomic E-state index is -3.07. The van der Waals surface area contributed by atoms with Crippen molar-refractivity contribution in [3.63, 3.8) is 0 Å². The molecule has 288 valence electrons. The normalized spacial score (nSPS) is 39.8. The van der Waals surface area contributed by atoms with Crippen LogP contribution in [0.3, 0.4) is 0 Å². The van der Waals surface area contributed by atoms with E-state index >= 15 is 0 Å². The summed E-state index contributed by atoms with van der Waals surface area (Å²) in [4.78, 5) is 37.4. The molecule has 0 aromatic heterocycles. The van der Waals surface area contributed by atoms with Crippen LogP contribution in [0.25, 0.3) is 0 Å². The molecule has 0 aliphatic carbocycles. The predicted molar refractivity (Wildman–Crippen MR) is 162 cm³/mol. The van der Waals surface area contributed by atoms with Crippen molar-refractivity contribution >= 4 is 17.8 Å². The number of hydrogen-bond acceptors (Lipinski definition) is 18. The van der Waals surface area contributed by atoms with E-state index in [1.807, 2.05) is 0 Å². The fourth-order valence-corrected chi connectivity index (χ4v) is 6.06. The molecule has 0 bridgehead atoms. The standard InChI is InChI=1S/C30H44N2O19/c1-11(35)32-17-13(36)7-30(29(45)46,50-23(17)18(38)14(37)8-31-26(43)12-5-3-2-4-6-12)51-25-20(40)16(10-34)48-28(22(25)42)49-24-19(39)15(9-33)47-27(44)21(24)41/h2-6,13-25,27-28,33-34,36-42,44H,7-10H2,1H3,(H,31,43)(H,32,35)(H,45,46)/t13-,14+,15+,16+,17+,18-,19-,20-,21+,22+,23+,24-,25-,27+,28-,30-/m0/s1. The number of benzene rings is 1. The summed E-state index contributed by atoms with van der Waals surface area (Å²) in [5.74, 6) is -6.47. The van der Waals surface area contributed by atoms with Crippen LogP contribution in [0.1, 0.15) is 23.7 Å². The van der Waals surface area contributed by atoms with Crippen LogP contribution in [-0.4, -0.2) is 191 Å². The summed E-state index contributed by atoms with van der Waals surface area (Å²) in [5.41, 5.74) is 0.209. The molecule has 16 atom stereocenters. The van der Waals surface area contributed by atoms with Crippen molar-refractivity contribution in [2.45, 2.75) is 111 Å². The van der Waals surface area contributed by atoms with Gasteiger partial charge in [-0.2, -0.15) is 0 Å². The monoisotopic (exact) mass is 736 g/mol. The van der Waals surface area contributed by atoms with E-state index in [1.165, 1.54) is 12.1 Å². The number of hydrogen-bond donors (Lipinski definition) is 13. The largest absolute Gasteiger partial charge is 0.477 e. The number of nitrogens with one attached hydrogen (secondary N) is 2. The van der Waals surface area contributed by atoms with Gasteiger partial charge in [0.1, 0.15) is 61.0 Å². The highest BCUT2D eigenvalue weighted by Gasteiger charge is 2.60. The van der Waals surface area contributed by atoms with E-state index < -0.39 is 142 Å². The maximum Gasteiger partial charge on any atom is 0.364 e. The SMILES string of the molecule is CC(=O)N[C@H]1[C@H]([C@@H](O)[C@H](O)CNC(=O)c2ccccc2)O[C@@](O[C@H]2[C@@H](O)[C@@H](CO)O[C@@H](O[C@@H]3[C@@H](O)[C@H](O)O[C@H](CO)[C@@H]3O)[C@@H]2O)(C(=O)O)C[C@@H]1O. The van der Waals surface area contributed by atoms with Crippen molar-refractivity contribution in [1.82, 2.24) is 10.6 Å². The molecule has 0 unspecified atom stereocenters. The smallest absolute Gasteiger partial charge is 0.364 e. The zero-order chi connectivity index (χ0) is 37.8. The molecule has 21 nitrogen and oxygen atoms in total. The van der Waals surface area contributed by atoms with Gasteiger partial charge in [-0.3, -0.25) is 9.59 Å². The van der Waals surface area contributed by atoms with E-state index in [-0.39, 0.29) is 5.56 Å². The van der Waals surface area contributed by atoms with Gasteiger partial charge in [0.05, 0.1) is 31.5 Å². The highest BCUT2D eigenvalue weighted by Crippen LogP contribution is 2.38. The predicted octanol–water partition coefficient (Wildman–Crippen LogP) is -6.79. The van der Waals surface area contributed by atoms with Gasteiger partial charge in [-0.05, 0) is 12.1 Å². The summed E-state index contributed by atoms with van der Waals surface area (Å²) in [7, 11) is 0. The van der Waals surface area contributed by atoms with E-state index in [0.29, 0.717) is 0 Å². The zero-order valence-corrected chi connectivity index (χ0v) is 27.1. The van der Waals surface area contributed by atoms with E-state index in [0.717, 1.165) is 6.92 Å². The van der Waals surface area contributed by atoms with Crippen LogP contribution < -0.4 is 10.6 Å². The summed E-state index contributed by atoms with van der Waals surface area (Å²) in [6.07, 6.45) is -28.2. The average molecular weight is 737 g/mol. The van der Waals surface area contributed by atoms with Crippen molar-refractivity contribution in [3.8, 4) is 0 Å². The van der Waals surface area contributed by atoms with E-state index in [4.69, 9.17) is 23.7 Å². The second kappa shape index (κ2) is 17.2. The first-order chi connectivity index (χ1) is 24.0. The second-order valence-electron chi connectivity index (χ2n) is 12.4. The maximum atomic E-state index is 12.8. The van der Waals surface area contributed by atoms with Crippen molar-refractivity contribution < 1.29 is 94.2 Å². The van der Waals surface area contributed by atoms with Gasteiger partial charge in [0.25, 0.3) is 11.7 Å². The molecular weight excluding hydrogens is 692 g/mol. The van der Waals surface area contributed by atoms with Crippen molar-refractivity contribution in [2.75, 3.05) is 19.8 Å². The molecule has 3 saturated heterocycles. The van der Waals surface area contributed by atoms with E-state index in [2.05, 4.69) is 10.6 Å². The minimum Gasteiger partial charge on any atom is -0.477 e. The Kier molecular flexibility index (Phi) is 13.8. The van der Waals surface area contributed by atoms with E-state index in [1.54, 1.807) is 18.2 Å². The van der Waals surface area contributed by atoms with Crippen molar-refractivity contribution in [2.24, 2.45) is 0 Å². The first-order valence-electron chi connectivity index (χ1n) is 15.9. The number of aliphatic carboxylic acids is 1.